The molecule has 0 heterocycles. The van der Waals surface area contributed by atoms with Gasteiger partial charge >= 0.3 is 17.9 Å². The van der Waals surface area contributed by atoms with Crippen molar-refractivity contribution in [3.05, 3.63) is 0 Å². The second-order valence-corrected chi connectivity index (χ2v) is 21.3. The average molecular weight is 962 g/mol. The van der Waals surface area contributed by atoms with E-state index in [1.54, 1.807) is 0 Å². The van der Waals surface area contributed by atoms with Crippen LogP contribution in [0.2, 0.25) is 0 Å². The van der Waals surface area contributed by atoms with Gasteiger partial charge in [0.15, 0.2) is 6.10 Å². The maximum atomic E-state index is 12.8. The molecule has 0 aliphatic heterocycles. The number of hydrogen-bond donors (Lipinski definition) is 0. The van der Waals surface area contributed by atoms with E-state index in [1.807, 2.05) is 0 Å². The molecule has 0 spiro atoms. The van der Waals surface area contributed by atoms with Gasteiger partial charge in [0.25, 0.3) is 0 Å². The van der Waals surface area contributed by atoms with Crippen molar-refractivity contribution in [2.24, 2.45) is 0 Å². The van der Waals surface area contributed by atoms with Crippen LogP contribution in [0.15, 0.2) is 0 Å². The van der Waals surface area contributed by atoms with Crippen molar-refractivity contribution >= 4 is 17.9 Å². The Bertz CT molecular complexity index is 1010. The predicted octanol–water partition coefficient (Wildman–Crippen LogP) is 20.7. The van der Waals surface area contributed by atoms with E-state index in [0.29, 0.717) is 19.3 Å². The van der Waals surface area contributed by atoms with Gasteiger partial charge in [-0.3, -0.25) is 14.4 Å². The number of carbonyl (C=O) groups is 3. The lowest BCUT2D eigenvalue weighted by Crippen LogP contribution is -2.30. The molecule has 1 atom stereocenters. The van der Waals surface area contributed by atoms with Gasteiger partial charge in [0.2, 0.25) is 0 Å². The van der Waals surface area contributed by atoms with E-state index in [4.69, 9.17) is 14.2 Å². The highest BCUT2D eigenvalue weighted by Crippen LogP contribution is 2.18. The van der Waals surface area contributed by atoms with Gasteiger partial charge in [-0.25, -0.2) is 0 Å². The fraction of sp³-hybridized carbons (Fsp3) is 0.952. The Labute approximate surface area is 425 Å². The van der Waals surface area contributed by atoms with Crippen LogP contribution >= 0.6 is 0 Å². The highest BCUT2D eigenvalue weighted by molar-refractivity contribution is 5.71. The van der Waals surface area contributed by atoms with Crippen LogP contribution in [0.1, 0.15) is 361 Å². The SMILES string of the molecule is CCCCCCCCCCCCCCCCCCCCCCCCCCCC(=O)OCC(COC(=O)CCCCCCC)OC(=O)CCCCCCCCCCCCCCCCCCCCCC. The summed E-state index contributed by atoms with van der Waals surface area (Å²) in [6.45, 7) is 6.63. The first-order chi connectivity index (χ1) is 33.5. The summed E-state index contributed by atoms with van der Waals surface area (Å²) in [6.07, 6.45) is 65.9. The molecule has 0 radical (unpaired) electrons. The van der Waals surface area contributed by atoms with Crippen molar-refractivity contribution in [1.82, 2.24) is 0 Å². The van der Waals surface area contributed by atoms with Gasteiger partial charge in [0.1, 0.15) is 13.2 Å². The molecule has 0 aromatic heterocycles. The molecule has 0 aliphatic carbocycles. The number of carbonyl (C=O) groups excluding carboxylic acids is 3. The molecule has 0 amide bonds. The maximum Gasteiger partial charge on any atom is 0.306 e. The second-order valence-electron chi connectivity index (χ2n) is 21.3. The van der Waals surface area contributed by atoms with E-state index in [-0.39, 0.29) is 31.1 Å². The van der Waals surface area contributed by atoms with E-state index in [1.165, 1.54) is 257 Å². The summed E-state index contributed by atoms with van der Waals surface area (Å²) in [5.74, 6) is -0.848. The summed E-state index contributed by atoms with van der Waals surface area (Å²) in [6, 6.07) is 0. The van der Waals surface area contributed by atoms with E-state index in [0.717, 1.165) is 64.2 Å². The zero-order chi connectivity index (χ0) is 49.3. The third-order valence-corrected chi connectivity index (χ3v) is 14.4. The molecule has 6 heteroatoms. The molecular weight excluding hydrogens is 841 g/mol. The minimum Gasteiger partial charge on any atom is -0.462 e. The minimum absolute atomic E-state index is 0.0625. The molecule has 0 aromatic carbocycles. The van der Waals surface area contributed by atoms with Gasteiger partial charge in [0.05, 0.1) is 0 Å². The van der Waals surface area contributed by atoms with Gasteiger partial charge in [-0.15, -0.1) is 0 Å². The molecule has 0 aromatic rings. The first kappa shape index (κ1) is 66.4. The topological polar surface area (TPSA) is 78.9 Å². The minimum atomic E-state index is -0.760. The van der Waals surface area contributed by atoms with Crippen LogP contribution in [0.3, 0.4) is 0 Å². The van der Waals surface area contributed by atoms with Crippen LogP contribution < -0.4 is 0 Å². The molecule has 6 nitrogen and oxygen atoms in total. The van der Waals surface area contributed by atoms with E-state index in [2.05, 4.69) is 20.8 Å². The first-order valence-electron chi connectivity index (χ1n) is 31.0. The Hall–Kier alpha value is -1.59. The molecule has 0 saturated carbocycles. The molecule has 0 N–H and O–H groups in total. The molecule has 0 aliphatic rings. The van der Waals surface area contributed by atoms with Crippen LogP contribution in [0, 0.1) is 0 Å². The normalized spacial score (nSPS) is 11.9. The van der Waals surface area contributed by atoms with Crippen LogP contribution in [-0.4, -0.2) is 37.2 Å². The Morgan fingerprint density at radius 2 is 0.397 bits per heavy atom. The van der Waals surface area contributed by atoms with Crippen molar-refractivity contribution in [3.8, 4) is 0 Å². The van der Waals surface area contributed by atoms with Gasteiger partial charge in [-0.1, -0.05) is 323 Å². The molecule has 404 valence electrons. The summed E-state index contributed by atoms with van der Waals surface area (Å²) in [7, 11) is 0. The van der Waals surface area contributed by atoms with Crippen LogP contribution in [0.25, 0.3) is 0 Å². The number of esters is 3. The van der Waals surface area contributed by atoms with Gasteiger partial charge in [0, 0.05) is 19.3 Å². The average Bonchev–Trinajstić information content (AvgIpc) is 3.34. The van der Waals surface area contributed by atoms with Crippen molar-refractivity contribution < 1.29 is 28.6 Å². The largest absolute Gasteiger partial charge is 0.462 e. The Balaban J connectivity index is 3.96. The van der Waals surface area contributed by atoms with Gasteiger partial charge < -0.3 is 14.2 Å². The van der Waals surface area contributed by atoms with Crippen molar-refractivity contribution in [2.45, 2.75) is 367 Å². The Morgan fingerprint density at radius 3 is 0.588 bits per heavy atom. The molecular formula is C62H120O6. The first-order valence-corrected chi connectivity index (χ1v) is 31.0. The zero-order valence-corrected chi connectivity index (χ0v) is 46.4. The molecule has 1 unspecified atom stereocenters. The second kappa shape index (κ2) is 58.0. The smallest absolute Gasteiger partial charge is 0.306 e. The van der Waals surface area contributed by atoms with E-state index >= 15 is 0 Å². The fourth-order valence-corrected chi connectivity index (χ4v) is 9.68. The van der Waals surface area contributed by atoms with Gasteiger partial charge in [-0.2, -0.15) is 0 Å². The third-order valence-electron chi connectivity index (χ3n) is 14.4. The lowest BCUT2D eigenvalue weighted by molar-refractivity contribution is -0.167. The Morgan fingerprint density at radius 1 is 0.235 bits per heavy atom. The van der Waals surface area contributed by atoms with Crippen LogP contribution in [-0.2, 0) is 28.6 Å². The standard InChI is InChI=1S/C62H120O6/c1-4-7-10-13-15-17-19-21-23-25-27-29-30-31-32-33-35-36-38-40-42-44-46-49-52-55-61(64)67-58-59(57-66-60(63)54-51-48-12-9-6-3)68-62(65)56-53-50-47-45-43-41-39-37-34-28-26-24-22-20-18-16-14-11-8-5-2/h59H,4-58H2,1-3H3. The van der Waals surface area contributed by atoms with Gasteiger partial charge in [-0.05, 0) is 19.3 Å². The monoisotopic (exact) mass is 961 g/mol. The zero-order valence-electron chi connectivity index (χ0n) is 46.4. The van der Waals surface area contributed by atoms with Crippen molar-refractivity contribution in [1.29, 1.82) is 0 Å². The van der Waals surface area contributed by atoms with Crippen LogP contribution in [0.4, 0.5) is 0 Å². The fourth-order valence-electron chi connectivity index (χ4n) is 9.68. The van der Waals surface area contributed by atoms with Crippen LogP contribution in [0.5, 0.6) is 0 Å². The molecule has 0 saturated heterocycles. The van der Waals surface area contributed by atoms with E-state index in [9.17, 15) is 14.4 Å². The summed E-state index contributed by atoms with van der Waals surface area (Å²) < 4.78 is 16.8. The molecule has 0 fully saturated rings. The highest BCUT2D eigenvalue weighted by atomic mass is 16.6. The maximum absolute atomic E-state index is 12.8. The van der Waals surface area contributed by atoms with E-state index < -0.39 is 6.10 Å². The summed E-state index contributed by atoms with van der Waals surface area (Å²) in [4.78, 5) is 37.9. The third kappa shape index (κ3) is 55.3. The lowest BCUT2D eigenvalue weighted by atomic mass is 10.0. The molecule has 0 rings (SSSR count). The number of hydrogen-bond acceptors (Lipinski definition) is 6. The quantitative estimate of drug-likeness (QED) is 0.0343. The molecule has 0 bridgehead atoms. The molecule has 68 heavy (non-hydrogen) atoms. The summed E-state index contributed by atoms with van der Waals surface area (Å²) >= 11 is 0. The van der Waals surface area contributed by atoms with Crippen molar-refractivity contribution in [3.63, 3.8) is 0 Å². The number of unbranched alkanes of at least 4 members (excludes halogenated alkanes) is 47. The Kier molecular flexibility index (Phi) is 56.6. The number of ether oxygens (including phenoxy) is 3. The van der Waals surface area contributed by atoms with Crippen molar-refractivity contribution in [2.75, 3.05) is 13.2 Å². The summed E-state index contributed by atoms with van der Waals surface area (Å²) in [5.41, 5.74) is 0. The lowest BCUT2D eigenvalue weighted by Gasteiger charge is -2.18. The predicted molar refractivity (Wildman–Crippen MR) is 294 cm³/mol. The summed E-state index contributed by atoms with van der Waals surface area (Å²) in [5, 5.41) is 0. The number of rotatable bonds is 58. The highest BCUT2D eigenvalue weighted by Gasteiger charge is 2.19.